The van der Waals surface area contributed by atoms with Gasteiger partial charge in [0.15, 0.2) is 0 Å². The molecule has 0 aliphatic rings. The number of nitrogens with zero attached hydrogens (tertiary/aromatic N) is 1. The first-order valence-corrected chi connectivity index (χ1v) is 7.07. The zero-order chi connectivity index (χ0) is 15.2. The largest absolute Gasteiger partial charge is 0.497 e. The van der Waals surface area contributed by atoms with Crippen LogP contribution in [0.4, 0.5) is 0 Å². The number of hydrogen-bond donors (Lipinski definition) is 0. The van der Waals surface area contributed by atoms with E-state index in [1.54, 1.807) is 20.3 Å². The van der Waals surface area contributed by atoms with Gasteiger partial charge in [-0.3, -0.25) is 0 Å². The summed E-state index contributed by atoms with van der Waals surface area (Å²) >= 11 is 3.39. The molecule has 0 saturated heterocycles. The Bertz CT molecular complexity index is 700. The van der Waals surface area contributed by atoms with Gasteiger partial charge in [-0.05, 0) is 42.0 Å². The van der Waals surface area contributed by atoms with E-state index < -0.39 is 0 Å². The number of allylic oxidation sites excluding steroid dienone is 1. The molecule has 0 bridgehead atoms. The minimum atomic E-state index is 0.564. The highest BCUT2D eigenvalue weighted by molar-refractivity contribution is 9.10. The molecule has 2 aromatic carbocycles. The van der Waals surface area contributed by atoms with Crippen molar-refractivity contribution in [2.75, 3.05) is 14.2 Å². The molecule has 2 rings (SSSR count). The van der Waals surface area contributed by atoms with Gasteiger partial charge < -0.3 is 9.47 Å². The van der Waals surface area contributed by atoms with Crippen LogP contribution < -0.4 is 9.47 Å². The van der Waals surface area contributed by atoms with Crippen LogP contribution in [0.15, 0.2) is 46.9 Å². The van der Waals surface area contributed by atoms with Gasteiger partial charge in [0.2, 0.25) is 0 Å². The molecular weight excluding hydrogens is 330 g/mol. The summed E-state index contributed by atoms with van der Waals surface area (Å²) < 4.78 is 11.5. The molecule has 0 saturated carbocycles. The summed E-state index contributed by atoms with van der Waals surface area (Å²) in [5, 5.41) is 9.40. The van der Waals surface area contributed by atoms with Gasteiger partial charge in [-0.1, -0.05) is 28.1 Å². The molecule has 0 aliphatic heterocycles. The Balaban J connectivity index is 2.49. The van der Waals surface area contributed by atoms with Crippen LogP contribution in [0.25, 0.3) is 11.6 Å². The van der Waals surface area contributed by atoms with Gasteiger partial charge in [0.1, 0.15) is 11.5 Å². The van der Waals surface area contributed by atoms with E-state index in [0.29, 0.717) is 11.3 Å². The van der Waals surface area contributed by atoms with Crippen molar-refractivity contribution in [3.8, 4) is 17.6 Å². The van der Waals surface area contributed by atoms with E-state index in [1.165, 1.54) is 0 Å². The van der Waals surface area contributed by atoms with Gasteiger partial charge in [-0.15, -0.1) is 0 Å². The fourth-order valence-electron chi connectivity index (χ4n) is 1.92. The van der Waals surface area contributed by atoms with Crippen LogP contribution >= 0.6 is 15.9 Å². The molecule has 0 heterocycles. The van der Waals surface area contributed by atoms with Crippen LogP contribution in [-0.2, 0) is 0 Å². The van der Waals surface area contributed by atoms with E-state index in [2.05, 4.69) is 22.0 Å². The lowest BCUT2D eigenvalue weighted by Gasteiger charge is -2.08. The van der Waals surface area contributed by atoms with E-state index >= 15 is 0 Å². The van der Waals surface area contributed by atoms with Crippen molar-refractivity contribution in [2.45, 2.75) is 0 Å². The molecule has 2 aromatic rings. The second-order valence-electron chi connectivity index (χ2n) is 4.28. The third kappa shape index (κ3) is 3.65. The Morgan fingerprint density at radius 3 is 2.38 bits per heavy atom. The highest BCUT2D eigenvalue weighted by Crippen LogP contribution is 2.28. The van der Waals surface area contributed by atoms with Crippen LogP contribution in [0.2, 0.25) is 0 Å². The molecule has 0 radical (unpaired) electrons. The molecule has 0 amide bonds. The first-order chi connectivity index (χ1) is 10.2. The molecular formula is C17H14BrNO2. The number of rotatable bonds is 4. The highest BCUT2D eigenvalue weighted by atomic mass is 79.9. The predicted molar refractivity (Wildman–Crippen MR) is 87.2 cm³/mol. The summed E-state index contributed by atoms with van der Waals surface area (Å²) in [5.41, 5.74) is 2.22. The number of nitriles is 1. The second kappa shape index (κ2) is 6.96. The number of halogens is 1. The lowest BCUT2D eigenvalue weighted by atomic mass is 10.0. The van der Waals surface area contributed by atoms with E-state index in [9.17, 15) is 5.26 Å². The number of hydrogen-bond acceptors (Lipinski definition) is 3. The lowest BCUT2D eigenvalue weighted by Crippen LogP contribution is -1.90. The topological polar surface area (TPSA) is 42.2 Å². The fourth-order valence-corrected chi connectivity index (χ4v) is 2.18. The van der Waals surface area contributed by atoms with Crippen LogP contribution in [0.3, 0.4) is 0 Å². The van der Waals surface area contributed by atoms with Gasteiger partial charge in [0.25, 0.3) is 0 Å². The summed E-state index contributed by atoms with van der Waals surface area (Å²) in [7, 11) is 3.21. The van der Waals surface area contributed by atoms with E-state index in [-0.39, 0.29) is 0 Å². The third-order valence-corrected chi connectivity index (χ3v) is 3.54. The average Bonchev–Trinajstić information content (AvgIpc) is 2.53. The van der Waals surface area contributed by atoms with Crippen molar-refractivity contribution < 1.29 is 9.47 Å². The molecule has 0 aromatic heterocycles. The standard InChI is InChI=1S/C17H14BrNO2/c1-20-16-7-8-17(21-2)13(10-16)9-14(11-19)12-3-5-15(18)6-4-12/h3-10H,1-2H3. The number of methoxy groups -OCH3 is 2. The fraction of sp³-hybridized carbons (Fsp3) is 0.118. The average molecular weight is 344 g/mol. The minimum absolute atomic E-state index is 0.564. The lowest BCUT2D eigenvalue weighted by molar-refractivity contribution is 0.402. The summed E-state index contributed by atoms with van der Waals surface area (Å²) in [6.07, 6.45) is 1.80. The molecule has 0 aliphatic carbocycles. The van der Waals surface area contributed by atoms with Crippen LogP contribution in [0.5, 0.6) is 11.5 Å². The smallest absolute Gasteiger partial charge is 0.126 e. The minimum Gasteiger partial charge on any atom is -0.497 e. The molecule has 21 heavy (non-hydrogen) atoms. The van der Waals surface area contributed by atoms with Crippen molar-refractivity contribution in [1.82, 2.24) is 0 Å². The maximum atomic E-state index is 9.40. The quantitative estimate of drug-likeness (QED) is 0.604. The summed E-state index contributed by atoms with van der Waals surface area (Å²) in [4.78, 5) is 0. The molecule has 4 heteroatoms. The molecule has 0 N–H and O–H groups in total. The van der Waals surface area contributed by atoms with Crippen molar-refractivity contribution >= 4 is 27.6 Å². The molecule has 0 unspecified atom stereocenters. The summed E-state index contributed by atoms with van der Waals surface area (Å²) in [6, 6.07) is 15.3. The highest BCUT2D eigenvalue weighted by Gasteiger charge is 2.06. The Morgan fingerprint density at radius 2 is 1.81 bits per heavy atom. The molecule has 0 fully saturated rings. The van der Waals surface area contributed by atoms with E-state index in [1.807, 2.05) is 42.5 Å². The van der Waals surface area contributed by atoms with Crippen molar-refractivity contribution in [2.24, 2.45) is 0 Å². The predicted octanol–water partition coefficient (Wildman–Crippen LogP) is 4.53. The van der Waals surface area contributed by atoms with Crippen LogP contribution in [-0.4, -0.2) is 14.2 Å². The number of benzene rings is 2. The third-order valence-electron chi connectivity index (χ3n) is 3.01. The van der Waals surface area contributed by atoms with Gasteiger partial charge in [-0.25, -0.2) is 0 Å². The van der Waals surface area contributed by atoms with Crippen molar-refractivity contribution in [3.63, 3.8) is 0 Å². The normalized spacial score (nSPS) is 10.9. The summed E-state index contributed by atoms with van der Waals surface area (Å²) in [6.45, 7) is 0. The Labute approximate surface area is 132 Å². The summed E-state index contributed by atoms with van der Waals surface area (Å²) in [5.74, 6) is 1.41. The first-order valence-electron chi connectivity index (χ1n) is 6.27. The molecule has 3 nitrogen and oxygen atoms in total. The maximum absolute atomic E-state index is 9.40. The zero-order valence-corrected chi connectivity index (χ0v) is 13.3. The van der Waals surface area contributed by atoms with Gasteiger partial charge in [0, 0.05) is 10.0 Å². The second-order valence-corrected chi connectivity index (χ2v) is 5.20. The monoisotopic (exact) mass is 343 g/mol. The number of ether oxygens (including phenoxy) is 2. The van der Waals surface area contributed by atoms with Crippen molar-refractivity contribution in [1.29, 1.82) is 5.26 Å². The van der Waals surface area contributed by atoms with Crippen molar-refractivity contribution in [3.05, 3.63) is 58.1 Å². The Morgan fingerprint density at radius 1 is 1.10 bits per heavy atom. The maximum Gasteiger partial charge on any atom is 0.126 e. The molecule has 0 spiro atoms. The Kier molecular flexibility index (Phi) is 5.02. The van der Waals surface area contributed by atoms with Crippen LogP contribution in [0.1, 0.15) is 11.1 Å². The van der Waals surface area contributed by atoms with E-state index in [0.717, 1.165) is 21.3 Å². The Hall–Kier alpha value is -2.25. The zero-order valence-electron chi connectivity index (χ0n) is 11.8. The van der Waals surface area contributed by atoms with Gasteiger partial charge >= 0.3 is 0 Å². The SMILES string of the molecule is COc1ccc(OC)c(C=C(C#N)c2ccc(Br)cc2)c1. The van der Waals surface area contributed by atoms with Gasteiger partial charge in [-0.2, -0.15) is 5.26 Å². The van der Waals surface area contributed by atoms with Gasteiger partial charge in [0.05, 0.1) is 25.9 Å². The van der Waals surface area contributed by atoms with Crippen LogP contribution in [0, 0.1) is 11.3 Å². The first kappa shape index (κ1) is 15.1. The molecule has 0 atom stereocenters. The molecule has 106 valence electrons. The van der Waals surface area contributed by atoms with E-state index in [4.69, 9.17) is 9.47 Å².